The molecule has 0 bridgehead atoms. The van der Waals surface area contributed by atoms with Crippen molar-refractivity contribution in [3.63, 3.8) is 0 Å². The molecule has 8 N–H and O–H groups in total. The smallest absolute Gasteiger partial charge is 0.187 e. The second kappa shape index (κ2) is 7.63. The van der Waals surface area contributed by atoms with Crippen LogP contribution in [-0.4, -0.2) is 115 Å². The van der Waals surface area contributed by atoms with Crippen LogP contribution < -0.4 is 0 Å². The minimum atomic E-state index is -1.76. The Balaban J connectivity index is 2.11. The Labute approximate surface area is 130 Å². The first-order valence-corrected chi connectivity index (χ1v) is 7.08. The largest absolute Gasteiger partial charge is 0.394 e. The maximum Gasteiger partial charge on any atom is 0.187 e. The van der Waals surface area contributed by atoms with Crippen LogP contribution in [0.1, 0.15) is 0 Å². The minimum absolute atomic E-state index is 0.667. The zero-order valence-electron chi connectivity index (χ0n) is 12.0. The third-order valence-corrected chi connectivity index (χ3v) is 3.98. The van der Waals surface area contributed by atoms with Gasteiger partial charge in [0.1, 0.15) is 48.8 Å². The Morgan fingerprint density at radius 3 is 1.78 bits per heavy atom. The summed E-state index contributed by atoms with van der Waals surface area (Å²) in [7, 11) is 0. The molecular weight excluding hydrogens is 320 g/mol. The standard InChI is InChI=1S/C12H22O11/c13-1-3-5(15)7(17)8(18)12(22-3)23-10-6(16)4(2-14)21-11(20)9(10)19/h3-20H,1-2H2/t3-,4-,5-,6-,7+,8+,9+,10+,11-,12-/m1/s1. The first-order chi connectivity index (χ1) is 10.8. The molecule has 2 fully saturated rings. The van der Waals surface area contributed by atoms with Crippen LogP contribution in [0.4, 0.5) is 0 Å². The summed E-state index contributed by atoms with van der Waals surface area (Å²) in [6.07, 6.45) is -15.7. The average molecular weight is 342 g/mol. The van der Waals surface area contributed by atoms with Gasteiger partial charge in [0.05, 0.1) is 13.2 Å². The van der Waals surface area contributed by atoms with Gasteiger partial charge in [0.2, 0.25) is 0 Å². The molecule has 136 valence electrons. The predicted octanol–water partition coefficient (Wildman–Crippen LogP) is -5.40. The van der Waals surface area contributed by atoms with E-state index in [4.69, 9.17) is 24.4 Å². The number of aliphatic hydroxyl groups is 8. The fourth-order valence-corrected chi connectivity index (χ4v) is 2.56. The molecule has 11 nitrogen and oxygen atoms in total. The van der Waals surface area contributed by atoms with Gasteiger partial charge in [-0.05, 0) is 0 Å². The van der Waals surface area contributed by atoms with Crippen molar-refractivity contribution >= 4 is 0 Å². The highest BCUT2D eigenvalue weighted by atomic mass is 16.7. The summed E-state index contributed by atoms with van der Waals surface area (Å²) < 4.78 is 15.1. The normalized spacial score (nSPS) is 51.7. The Kier molecular flexibility index (Phi) is 6.27. The minimum Gasteiger partial charge on any atom is -0.394 e. The molecule has 0 aromatic carbocycles. The van der Waals surface area contributed by atoms with E-state index in [1.165, 1.54) is 0 Å². The van der Waals surface area contributed by atoms with E-state index in [-0.39, 0.29) is 0 Å². The molecule has 2 rings (SSSR count). The number of hydrogen-bond donors (Lipinski definition) is 8. The zero-order valence-corrected chi connectivity index (χ0v) is 12.0. The van der Waals surface area contributed by atoms with E-state index in [1.807, 2.05) is 0 Å². The molecule has 2 aliphatic rings. The Hall–Kier alpha value is -0.440. The summed E-state index contributed by atoms with van der Waals surface area (Å²) in [6.45, 7) is -1.34. The van der Waals surface area contributed by atoms with Crippen molar-refractivity contribution in [2.45, 2.75) is 61.4 Å². The monoisotopic (exact) mass is 342 g/mol. The summed E-state index contributed by atoms with van der Waals surface area (Å²) >= 11 is 0. The number of rotatable bonds is 4. The van der Waals surface area contributed by atoms with Crippen molar-refractivity contribution in [3.8, 4) is 0 Å². The molecule has 0 radical (unpaired) electrons. The first kappa shape index (κ1) is 18.9. The number of ether oxygens (including phenoxy) is 3. The molecule has 2 saturated heterocycles. The van der Waals surface area contributed by atoms with Crippen molar-refractivity contribution < 1.29 is 55.1 Å². The SMILES string of the molecule is OC[C@H]1O[C@H](O[C@@H]2[C@H](O)[C@H](O)O[C@H](CO)[C@H]2O)[C@@H](O)[C@@H](O)[C@@H]1O. The van der Waals surface area contributed by atoms with Crippen molar-refractivity contribution in [1.29, 1.82) is 0 Å². The molecule has 0 saturated carbocycles. The fourth-order valence-electron chi connectivity index (χ4n) is 2.56. The van der Waals surface area contributed by atoms with Crippen molar-refractivity contribution in [3.05, 3.63) is 0 Å². The number of hydrogen-bond acceptors (Lipinski definition) is 11. The highest BCUT2D eigenvalue weighted by Gasteiger charge is 2.50. The lowest BCUT2D eigenvalue weighted by molar-refractivity contribution is -0.355. The van der Waals surface area contributed by atoms with Crippen LogP contribution in [0.5, 0.6) is 0 Å². The van der Waals surface area contributed by atoms with Gasteiger partial charge < -0.3 is 55.1 Å². The molecule has 0 aromatic rings. The van der Waals surface area contributed by atoms with E-state index in [2.05, 4.69) is 0 Å². The molecule has 2 heterocycles. The molecule has 0 unspecified atom stereocenters. The van der Waals surface area contributed by atoms with Gasteiger partial charge in [-0.3, -0.25) is 0 Å². The average Bonchev–Trinajstić information content (AvgIpc) is 2.54. The van der Waals surface area contributed by atoms with Crippen LogP contribution in [-0.2, 0) is 14.2 Å². The summed E-state index contributed by atoms with van der Waals surface area (Å²) in [5.74, 6) is 0. The van der Waals surface area contributed by atoms with Crippen molar-refractivity contribution in [1.82, 2.24) is 0 Å². The van der Waals surface area contributed by atoms with E-state index in [9.17, 15) is 30.6 Å². The lowest BCUT2D eigenvalue weighted by Crippen LogP contribution is -2.64. The fraction of sp³-hybridized carbons (Fsp3) is 1.00. The zero-order chi connectivity index (χ0) is 17.3. The molecule has 0 spiro atoms. The summed E-state index contributed by atoms with van der Waals surface area (Å²) in [6, 6.07) is 0. The van der Waals surface area contributed by atoms with Crippen LogP contribution in [0.15, 0.2) is 0 Å². The quantitative estimate of drug-likeness (QED) is 0.243. The molecule has 0 amide bonds. The van der Waals surface area contributed by atoms with E-state index >= 15 is 0 Å². The van der Waals surface area contributed by atoms with E-state index < -0.39 is 74.6 Å². The molecular formula is C12H22O11. The Morgan fingerprint density at radius 1 is 0.652 bits per heavy atom. The van der Waals surface area contributed by atoms with Crippen molar-refractivity contribution in [2.75, 3.05) is 13.2 Å². The van der Waals surface area contributed by atoms with Gasteiger partial charge in [-0.1, -0.05) is 0 Å². The lowest BCUT2D eigenvalue weighted by Gasteiger charge is -2.45. The molecule has 23 heavy (non-hydrogen) atoms. The number of aliphatic hydroxyl groups excluding tert-OH is 8. The van der Waals surface area contributed by atoms with Gasteiger partial charge in [0, 0.05) is 0 Å². The summed E-state index contributed by atoms with van der Waals surface area (Å²) in [4.78, 5) is 0. The Morgan fingerprint density at radius 2 is 1.22 bits per heavy atom. The van der Waals surface area contributed by atoms with Crippen LogP contribution in [0, 0.1) is 0 Å². The summed E-state index contributed by atoms with van der Waals surface area (Å²) in [5, 5.41) is 76.8. The van der Waals surface area contributed by atoms with Gasteiger partial charge in [-0.25, -0.2) is 0 Å². The Bertz CT molecular complexity index is 380. The van der Waals surface area contributed by atoms with Gasteiger partial charge in [-0.2, -0.15) is 0 Å². The van der Waals surface area contributed by atoms with E-state index in [0.29, 0.717) is 0 Å². The third-order valence-electron chi connectivity index (χ3n) is 3.98. The maximum absolute atomic E-state index is 10.00. The van der Waals surface area contributed by atoms with E-state index in [0.717, 1.165) is 0 Å². The van der Waals surface area contributed by atoms with Crippen LogP contribution in [0.25, 0.3) is 0 Å². The highest BCUT2D eigenvalue weighted by molar-refractivity contribution is 4.93. The molecule has 0 aromatic heterocycles. The molecule has 0 aliphatic carbocycles. The third kappa shape index (κ3) is 3.65. The maximum atomic E-state index is 10.00. The van der Waals surface area contributed by atoms with Crippen LogP contribution in [0.3, 0.4) is 0 Å². The van der Waals surface area contributed by atoms with Gasteiger partial charge in [-0.15, -0.1) is 0 Å². The first-order valence-electron chi connectivity index (χ1n) is 7.08. The predicted molar refractivity (Wildman–Crippen MR) is 68.6 cm³/mol. The second-order valence-corrected chi connectivity index (χ2v) is 5.53. The summed E-state index contributed by atoms with van der Waals surface area (Å²) in [5.41, 5.74) is 0. The van der Waals surface area contributed by atoms with Crippen molar-refractivity contribution in [2.24, 2.45) is 0 Å². The molecule has 10 atom stereocenters. The second-order valence-electron chi connectivity index (χ2n) is 5.53. The highest BCUT2D eigenvalue weighted by Crippen LogP contribution is 2.28. The van der Waals surface area contributed by atoms with Gasteiger partial charge >= 0.3 is 0 Å². The van der Waals surface area contributed by atoms with Gasteiger partial charge in [0.25, 0.3) is 0 Å². The molecule has 11 heteroatoms. The topological polar surface area (TPSA) is 190 Å². The molecule has 2 aliphatic heterocycles. The van der Waals surface area contributed by atoms with Gasteiger partial charge in [0.15, 0.2) is 12.6 Å². The van der Waals surface area contributed by atoms with E-state index in [1.54, 1.807) is 0 Å². The van der Waals surface area contributed by atoms with Crippen LogP contribution >= 0.6 is 0 Å². The lowest BCUT2D eigenvalue weighted by atomic mass is 9.97. The van der Waals surface area contributed by atoms with Crippen LogP contribution in [0.2, 0.25) is 0 Å².